The minimum absolute atomic E-state index is 0.0144. The molecule has 0 saturated carbocycles. The standard InChI is InChI=1S/C28H24N6O6/c29-23(13-25(35)36)27(39)33-19-5-6-21(33)11-17-3-4-18(32-17)12-22-8-7-20(10-16-2-1-15(9-19)31-16)34(22)28(40)24(30)14-26(37)38/h1-12,23-24H,13-14,29-30H2,(H,35,36)(H,37,38)/t23-,24-/m0/s1/i5D. The van der Waals surface area contributed by atoms with Gasteiger partial charge in [-0.2, -0.15) is 0 Å². The van der Waals surface area contributed by atoms with Gasteiger partial charge in [-0.3, -0.25) is 28.3 Å². The summed E-state index contributed by atoms with van der Waals surface area (Å²) in [5.74, 6) is -3.77. The van der Waals surface area contributed by atoms with Crippen LogP contribution in [0.2, 0.25) is 0 Å². The van der Waals surface area contributed by atoms with E-state index in [-0.39, 0.29) is 17.1 Å². The Morgan fingerprint density at radius 3 is 1.43 bits per heavy atom. The average molecular weight is 542 g/mol. The largest absolute Gasteiger partial charge is 0.481 e. The molecule has 5 rings (SSSR count). The van der Waals surface area contributed by atoms with Gasteiger partial charge in [-0.1, -0.05) is 0 Å². The quantitative estimate of drug-likeness (QED) is 0.248. The van der Waals surface area contributed by atoms with Crippen molar-refractivity contribution in [2.45, 2.75) is 24.9 Å². The first-order chi connectivity index (χ1) is 19.5. The van der Waals surface area contributed by atoms with Gasteiger partial charge in [-0.25, -0.2) is 9.97 Å². The van der Waals surface area contributed by atoms with Crippen LogP contribution in [0.4, 0.5) is 0 Å². The van der Waals surface area contributed by atoms with Gasteiger partial charge in [0.05, 0.1) is 71.1 Å². The van der Waals surface area contributed by atoms with Crippen molar-refractivity contribution in [3.8, 4) is 0 Å². The number of carboxylic acid groups (broad SMARTS) is 2. The Morgan fingerprint density at radius 2 is 1.02 bits per heavy atom. The van der Waals surface area contributed by atoms with Gasteiger partial charge in [0.25, 0.3) is 0 Å². The lowest BCUT2D eigenvalue weighted by atomic mass is 10.2. The van der Waals surface area contributed by atoms with E-state index in [1.54, 1.807) is 54.6 Å². The van der Waals surface area contributed by atoms with Crippen LogP contribution in [-0.4, -0.2) is 65.2 Å². The molecule has 0 fully saturated rings. The summed E-state index contributed by atoms with van der Waals surface area (Å²) in [5, 5.41) is 18.3. The van der Waals surface area contributed by atoms with Crippen molar-refractivity contribution in [2.24, 2.45) is 11.5 Å². The molecule has 0 saturated heterocycles. The zero-order chi connectivity index (χ0) is 29.4. The lowest BCUT2D eigenvalue weighted by molar-refractivity contribution is -0.138. The van der Waals surface area contributed by atoms with Gasteiger partial charge in [-0.15, -0.1) is 0 Å². The van der Waals surface area contributed by atoms with E-state index in [0.717, 1.165) is 0 Å². The third-order valence-electron chi connectivity index (χ3n) is 6.21. The lowest BCUT2D eigenvalue weighted by Crippen LogP contribution is -2.36. The number of aromatic nitrogens is 4. The summed E-state index contributed by atoms with van der Waals surface area (Å²) < 4.78 is 11.0. The number of carbonyl (C=O) groups excluding carboxylic acids is 2. The van der Waals surface area contributed by atoms with Gasteiger partial charge in [0.15, 0.2) is 0 Å². The topological polar surface area (TPSA) is 196 Å². The fourth-order valence-corrected chi connectivity index (χ4v) is 4.41. The van der Waals surface area contributed by atoms with Crippen molar-refractivity contribution in [3.63, 3.8) is 0 Å². The third kappa shape index (κ3) is 5.34. The smallest absolute Gasteiger partial charge is 0.305 e. The van der Waals surface area contributed by atoms with Crippen LogP contribution in [-0.2, 0) is 9.59 Å². The predicted molar refractivity (Wildman–Crippen MR) is 148 cm³/mol. The molecule has 0 aliphatic carbocycles. The summed E-state index contributed by atoms with van der Waals surface area (Å²) in [7, 11) is 0. The Balaban J connectivity index is 1.81. The molecule has 2 atom stereocenters. The summed E-state index contributed by atoms with van der Waals surface area (Å²) in [4.78, 5) is 58.1. The highest BCUT2D eigenvalue weighted by molar-refractivity contribution is 5.97. The maximum absolute atomic E-state index is 13.3. The molecule has 40 heavy (non-hydrogen) atoms. The average Bonchev–Trinajstić information content (AvgIpc) is 3.67. The second kappa shape index (κ2) is 10.5. The Labute approximate surface area is 227 Å². The molecule has 6 N–H and O–H groups in total. The van der Waals surface area contributed by atoms with Gasteiger partial charge in [0, 0.05) is 0 Å². The first-order valence-corrected chi connectivity index (χ1v) is 12.1. The van der Waals surface area contributed by atoms with E-state index >= 15 is 0 Å². The molecule has 2 aliphatic heterocycles. The van der Waals surface area contributed by atoms with Gasteiger partial charge < -0.3 is 21.7 Å². The number of carbonyl (C=O) groups is 4. The zero-order valence-corrected chi connectivity index (χ0v) is 20.9. The molecular weight excluding hydrogens is 516 g/mol. The third-order valence-corrected chi connectivity index (χ3v) is 6.21. The summed E-state index contributed by atoms with van der Waals surface area (Å²) in [6.45, 7) is 0. The molecule has 8 bridgehead atoms. The van der Waals surface area contributed by atoms with Crippen molar-refractivity contribution in [2.75, 3.05) is 0 Å². The monoisotopic (exact) mass is 541 g/mol. The summed E-state index contributed by atoms with van der Waals surface area (Å²) in [6.07, 6.45) is 5.51. The van der Waals surface area contributed by atoms with Gasteiger partial charge in [-0.05, 0) is 72.8 Å². The minimum atomic E-state index is -1.36. The molecule has 202 valence electrons. The number of aliphatic carboxylic acids is 2. The molecular formula is C28H24N6O6. The maximum atomic E-state index is 13.3. The van der Waals surface area contributed by atoms with Crippen molar-refractivity contribution in [1.82, 2.24) is 19.1 Å². The highest BCUT2D eigenvalue weighted by Crippen LogP contribution is 2.21. The van der Waals surface area contributed by atoms with Gasteiger partial charge >= 0.3 is 11.9 Å². The first-order valence-electron chi connectivity index (χ1n) is 12.6. The molecule has 0 unspecified atom stereocenters. The van der Waals surface area contributed by atoms with E-state index in [0.29, 0.717) is 33.8 Å². The molecule has 0 spiro atoms. The number of nitrogens with two attached hydrogens (primary N) is 2. The normalized spacial score (nSPS) is 14.0. The van der Waals surface area contributed by atoms with Crippen molar-refractivity contribution >= 4 is 70.1 Å². The highest BCUT2D eigenvalue weighted by Gasteiger charge is 2.22. The lowest BCUT2D eigenvalue weighted by Gasteiger charge is -2.11. The Kier molecular flexibility index (Phi) is 6.60. The fraction of sp³-hybridized carbons (Fsp3) is 0.143. The molecule has 5 heterocycles. The number of rotatable bonds is 6. The molecule has 12 heteroatoms. The second-order valence-electron chi connectivity index (χ2n) is 9.20. The summed E-state index contributed by atoms with van der Waals surface area (Å²) in [6, 6.07) is 8.43. The number of hydrogen-bond donors (Lipinski definition) is 4. The number of fused-ring (bicyclic) bond motifs is 8. The Hall–Kier alpha value is -5.20. The number of hydrogen-bond acceptors (Lipinski definition) is 8. The Morgan fingerprint density at radius 1 is 0.675 bits per heavy atom. The van der Waals surface area contributed by atoms with Crippen LogP contribution < -0.4 is 11.5 Å². The van der Waals surface area contributed by atoms with Crippen molar-refractivity contribution < 1.29 is 30.8 Å². The molecule has 12 nitrogen and oxygen atoms in total. The van der Waals surface area contributed by atoms with Crippen LogP contribution in [0.25, 0.3) is 46.4 Å². The number of nitrogens with zero attached hydrogens (tertiary/aromatic N) is 4. The molecule has 0 amide bonds. The molecule has 3 aromatic heterocycles. The Bertz CT molecular complexity index is 1850. The van der Waals surface area contributed by atoms with Crippen LogP contribution >= 0.6 is 0 Å². The van der Waals surface area contributed by atoms with Crippen molar-refractivity contribution in [1.29, 1.82) is 0 Å². The molecule has 3 aromatic rings. The van der Waals surface area contributed by atoms with E-state index in [4.69, 9.17) is 23.1 Å². The molecule has 0 aromatic carbocycles. The van der Waals surface area contributed by atoms with Gasteiger partial charge in [0.1, 0.15) is 0 Å². The van der Waals surface area contributed by atoms with E-state index in [2.05, 4.69) is 9.97 Å². The number of carboxylic acids is 2. The van der Waals surface area contributed by atoms with Crippen molar-refractivity contribution in [3.05, 3.63) is 71.3 Å². The van der Waals surface area contributed by atoms with E-state index < -0.39 is 48.7 Å². The first kappa shape index (κ1) is 25.1. The maximum Gasteiger partial charge on any atom is 0.305 e. The second-order valence-corrected chi connectivity index (χ2v) is 9.20. The summed E-state index contributed by atoms with van der Waals surface area (Å²) >= 11 is 0. The van der Waals surface area contributed by atoms with Crippen LogP contribution in [0.5, 0.6) is 0 Å². The minimum Gasteiger partial charge on any atom is -0.481 e. The van der Waals surface area contributed by atoms with E-state index in [1.807, 2.05) is 0 Å². The fourth-order valence-electron chi connectivity index (χ4n) is 4.41. The van der Waals surface area contributed by atoms with E-state index in [9.17, 15) is 19.2 Å². The zero-order valence-electron chi connectivity index (χ0n) is 21.9. The SMILES string of the molecule is [2H]c1cc2cc3nc(cc4ccc(cc5nc(cc1n2C(=O)[C@@H](N)CC(=O)O)C=C5)n4C(=O)[C@@H](N)CC(=O)O)C=C3. The predicted octanol–water partition coefficient (Wildman–Crippen LogP) is 2.49. The van der Waals surface area contributed by atoms with Crippen LogP contribution in [0.1, 0.15) is 46.6 Å². The molecule has 2 aliphatic rings. The van der Waals surface area contributed by atoms with Crippen LogP contribution in [0.3, 0.4) is 0 Å². The van der Waals surface area contributed by atoms with Crippen LogP contribution in [0.15, 0.2) is 48.5 Å². The molecule has 0 radical (unpaired) electrons. The van der Waals surface area contributed by atoms with E-state index in [1.165, 1.54) is 21.3 Å². The van der Waals surface area contributed by atoms with Crippen LogP contribution in [0, 0.1) is 0 Å². The highest BCUT2D eigenvalue weighted by atomic mass is 16.4. The van der Waals surface area contributed by atoms with Gasteiger partial charge in [0.2, 0.25) is 11.8 Å². The summed E-state index contributed by atoms with van der Waals surface area (Å²) in [5.41, 5.74) is 14.8.